The topological polar surface area (TPSA) is 9.23 Å². The van der Waals surface area contributed by atoms with Gasteiger partial charge in [0, 0.05) is 6.42 Å². The summed E-state index contributed by atoms with van der Waals surface area (Å²) in [6.07, 6.45) is 2.21. The maximum atomic E-state index is 5.48. The largest absolute Gasteiger partial charge is 0.493 e. The van der Waals surface area contributed by atoms with E-state index in [0.29, 0.717) is 0 Å². The highest BCUT2D eigenvalue weighted by Crippen LogP contribution is 2.28. The lowest BCUT2D eigenvalue weighted by molar-refractivity contribution is 0.356. The lowest BCUT2D eigenvalue weighted by Crippen LogP contribution is -1.88. The van der Waals surface area contributed by atoms with Gasteiger partial charge in [0.1, 0.15) is 5.75 Å². The summed E-state index contributed by atoms with van der Waals surface area (Å²) in [5.74, 6) is 1.10. The van der Waals surface area contributed by atoms with Crippen LogP contribution >= 0.6 is 0 Å². The van der Waals surface area contributed by atoms with Crippen LogP contribution in [0.3, 0.4) is 0 Å². The SMILES string of the molecule is CC.CCc1cc2c(cc1C)OCC2. The Morgan fingerprint density at radius 1 is 1.29 bits per heavy atom. The van der Waals surface area contributed by atoms with Crippen molar-refractivity contribution in [2.75, 3.05) is 6.61 Å². The molecule has 0 radical (unpaired) electrons. The molecule has 1 aliphatic heterocycles. The molecule has 0 aromatic heterocycles. The first-order chi connectivity index (χ1) is 6.81. The summed E-state index contributed by atoms with van der Waals surface area (Å²) in [6, 6.07) is 4.46. The molecule has 0 atom stereocenters. The fourth-order valence-electron chi connectivity index (χ4n) is 1.76. The molecule has 78 valence electrons. The number of rotatable bonds is 1. The normalized spacial score (nSPS) is 12.6. The Labute approximate surface area is 87.1 Å². The van der Waals surface area contributed by atoms with E-state index in [1.54, 1.807) is 0 Å². The van der Waals surface area contributed by atoms with Gasteiger partial charge in [-0.2, -0.15) is 0 Å². The van der Waals surface area contributed by atoms with Crippen LogP contribution in [0.25, 0.3) is 0 Å². The molecule has 0 aliphatic carbocycles. The van der Waals surface area contributed by atoms with Crippen LogP contribution in [0.1, 0.15) is 37.5 Å². The highest BCUT2D eigenvalue weighted by molar-refractivity contribution is 5.44. The van der Waals surface area contributed by atoms with E-state index in [4.69, 9.17) is 4.74 Å². The monoisotopic (exact) mass is 192 g/mol. The van der Waals surface area contributed by atoms with Crippen LogP contribution in [0.5, 0.6) is 5.75 Å². The van der Waals surface area contributed by atoms with E-state index in [1.807, 2.05) is 13.8 Å². The zero-order valence-corrected chi connectivity index (χ0v) is 9.68. The van der Waals surface area contributed by atoms with Crippen LogP contribution in [-0.2, 0) is 12.8 Å². The second kappa shape index (κ2) is 5.04. The van der Waals surface area contributed by atoms with E-state index < -0.39 is 0 Å². The minimum atomic E-state index is 0.863. The Morgan fingerprint density at radius 3 is 2.64 bits per heavy atom. The first kappa shape index (κ1) is 11.1. The van der Waals surface area contributed by atoms with E-state index >= 15 is 0 Å². The van der Waals surface area contributed by atoms with E-state index in [9.17, 15) is 0 Å². The Balaban J connectivity index is 0.000000461. The molecule has 0 spiro atoms. The zero-order chi connectivity index (χ0) is 10.6. The van der Waals surface area contributed by atoms with Gasteiger partial charge in [-0.1, -0.05) is 26.8 Å². The van der Waals surface area contributed by atoms with Gasteiger partial charge in [-0.05, 0) is 36.1 Å². The van der Waals surface area contributed by atoms with Gasteiger partial charge in [0.2, 0.25) is 0 Å². The van der Waals surface area contributed by atoms with Crippen LogP contribution in [0, 0.1) is 6.92 Å². The standard InChI is InChI=1S/C11H14O.C2H6/c1-3-9-7-10-4-5-12-11(10)6-8(9)2;1-2/h6-7H,3-5H2,1-2H3;1-2H3. The van der Waals surface area contributed by atoms with Gasteiger partial charge < -0.3 is 4.74 Å². The molecule has 14 heavy (non-hydrogen) atoms. The molecule has 0 unspecified atom stereocenters. The molecular formula is C13H20O. The molecule has 0 bridgehead atoms. The lowest BCUT2D eigenvalue weighted by atomic mass is 10.0. The summed E-state index contributed by atoms with van der Waals surface area (Å²) in [7, 11) is 0. The van der Waals surface area contributed by atoms with Crippen molar-refractivity contribution < 1.29 is 4.74 Å². The smallest absolute Gasteiger partial charge is 0.122 e. The molecule has 1 aromatic carbocycles. The lowest BCUT2D eigenvalue weighted by Gasteiger charge is -2.05. The van der Waals surface area contributed by atoms with Crippen molar-refractivity contribution in [1.29, 1.82) is 0 Å². The predicted molar refractivity (Wildman–Crippen MR) is 61.1 cm³/mol. The number of hydrogen-bond acceptors (Lipinski definition) is 1. The van der Waals surface area contributed by atoms with Crippen LogP contribution in [-0.4, -0.2) is 6.61 Å². The van der Waals surface area contributed by atoms with Gasteiger partial charge in [-0.25, -0.2) is 0 Å². The molecule has 0 saturated heterocycles. The molecule has 0 amide bonds. The van der Waals surface area contributed by atoms with Gasteiger partial charge in [-0.15, -0.1) is 0 Å². The quantitative estimate of drug-likeness (QED) is 0.661. The summed E-state index contributed by atoms with van der Waals surface area (Å²) in [4.78, 5) is 0. The van der Waals surface area contributed by atoms with Crippen molar-refractivity contribution in [2.45, 2.75) is 40.5 Å². The summed E-state index contributed by atoms with van der Waals surface area (Å²) < 4.78 is 5.48. The summed E-state index contributed by atoms with van der Waals surface area (Å²) in [5.41, 5.74) is 4.20. The van der Waals surface area contributed by atoms with Gasteiger partial charge in [0.25, 0.3) is 0 Å². The number of hydrogen-bond donors (Lipinski definition) is 0. The maximum Gasteiger partial charge on any atom is 0.122 e. The molecule has 0 saturated carbocycles. The van der Waals surface area contributed by atoms with E-state index in [1.165, 1.54) is 16.7 Å². The number of ether oxygens (including phenoxy) is 1. The van der Waals surface area contributed by atoms with E-state index in [2.05, 4.69) is 26.0 Å². The number of aryl methyl sites for hydroxylation is 2. The van der Waals surface area contributed by atoms with Gasteiger partial charge in [0.15, 0.2) is 0 Å². The van der Waals surface area contributed by atoms with Gasteiger partial charge >= 0.3 is 0 Å². The van der Waals surface area contributed by atoms with Crippen LogP contribution in [0.2, 0.25) is 0 Å². The molecule has 2 rings (SSSR count). The molecule has 1 nitrogen and oxygen atoms in total. The third-order valence-corrected chi connectivity index (χ3v) is 2.53. The van der Waals surface area contributed by atoms with Gasteiger partial charge in [0.05, 0.1) is 6.61 Å². The van der Waals surface area contributed by atoms with Crippen LogP contribution < -0.4 is 4.74 Å². The molecule has 0 fully saturated rings. The minimum Gasteiger partial charge on any atom is -0.493 e. The Bertz CT molecular complexity index is 302. The molecule has 1 heterocycles. The maximum absolute atomic E-state index is 5.48. The molecule has 0 N–H and O–H groups in total. The second-order valence-corrected chi connectivity index (χ2v) is 3.34. The summed E-state index contributed by atoms with van der Waals surface area (Å²) in [6.45, 7) is 9.22. The predicted octanol–water partition coefficient (Wildman–Crippen LogP) is 3.52. The third kappa shape index (κ3) is 2.09. The van der Waals surface area contributed by atoms with Crippen LogP contribution in [0.4, 0.5) is 0 Å². The third-order valence-electron chi connectivity index (χ3n) is 2.53. The van der Waals surface area contributed by atoms with Crippen LogP contribution in [0.15, 0.2) is 12.1 Å². The van der Waals surface area contributed by atoms with Crippen molar-refractivity contribution in [2.24, 2.45) is 0 Å². The highest BCUT2D eigenvalue weighted by atomic mass is 16.5. The Morgan fingerprint density at radius 2 is 2.00 bits per heavy atom. The first-order valence-electron chi connectivity index (χ1n) is 5.56. The van der Waals surface area contributed by atoms with Crippen molar-refractivity contribution in [3.63, 3.8) is 0 Å². The molecular weight excluding hydrogens is 172 g/mol. The summed E-state index contributed by atoms with van der Waals surface area (Å²) in [5, 5.41) is 0. The summed E-state index contributed by atoms with van der Waals surface area (Å²) >= 11 is 0. The molecule has 1 aliphatic rings. The Hall–Kier alpha value is -0.980. The average Bonchev–Trinajstić information content (AvgIpc) is 2.66. The molecule has 1 aromatic rings. The fourth-order valence-corrected chi connectivity index (χ4v) is 1.76. The van der Waals surface area contributed by atoms with Crippen molar-refractivity contribution in [1.82, 2.24) is 0 Å². The molecule has 1 heteroatoms. The fraction of sp³-hybridized carbons (Fsp3) is 0.538. The zero-order valence-electron chi connectivity index (χ0n) is 9.68. The van der Waals surface area contributed by atoms with Crippen molar-refractivity contribution >= 4 is 0 Å². The van der Waals surface area contributed by atoms with Gasteiger partial charge in [-0.3, -0.25) is 0 Å². The van der Waals surface area contributed by atoms with Crippen molar-refractivity contribution in [3.8, 4) is 5.75 Å². The van der Waals surface area contributed by atoms with E-state index in [-0.39, 0.29) is 0 Å². The Kier molecular flexibility index (Phi) is 3.99. The second-order valence-electron chi connectivity index (χ2n) is 3.34. The van der Waals surface area contributed by atoms with E-state index in [0.717, 1.165) is 25.2 Å². The number of benzene rings is 1. The first-order valence-corrected chi connectivity index (χ1v) is 5.56. The van der Waals surface area contributed by atoms with Crippen molar-refractivity contribution in [3.05, 3.63) is 28.8 Å². The highest BCUT2D eigenvalue weighted by Gasteiger charge is 2.13. The number of fused-ring (bicyclic) bond motifs is 1. The average molecular weight is 192 g/mol. The minimum absolute atomic E-state index is 0.863.